The van der Waals surface area contributed by atoms with Crippen LogP contribution < -0.4 is 5.32 Å². The lowest BCUT2D eigenvalue weighted by atomic mass is 9.96. The number of hydrogen-bond acceptors (Lipinski definition) is 5. The molecule has 1 saturated heterocycles. The smallest absolute Gasteiger partial charge is 0.411 e. The minimum atomic E-state index is -0.613. The van der Waals surface area contributed by atoms with E-state index in [4.69, 9.17) is 14.2 Å². The van der Waals surface area contributed by atoms with E-state index in [9.17, 15) is 9.59 Å². The lowest BCUT2D eigenvalue weighted by molar-refractivity contribution is 0.00643. The number of nitrogens with one attached hydrogen (secondary N) is 1. The molecule has 0 bridgehead atoms. The van der Waals surface area contributed by atoms with Gasteiger partial charge in [-0.2, -0.15) is 0 Å². The summed E-state index contributed by atoms with van der Waals surface area (Å²) in [5.74, 6) is 0.262. The van der Waals surface area contributed by atoms with E-state index in [2.05, 4.69) is 5.32 Å². The zero-order chi connectivity index (χ0) is 20.6. The second kappa shape index (κ2) is 10.3. The molecule has 0 aliphatic carbocycles. The Hall–Kier alpha value is -2.28. The largest absolute Gasteiger partial charge is 0.445 e. The number of benzene rings is 1. The second-order valence-electron chi connectivity index (χ2n) is 8.13. The molecule has 28 heavy (non-hydrogen) atoms. The fourth-order valence-corrected chi connectivity index (χ4v) is 2.98. The second-order valence-corrected chi connectivity index (χ2v) is 8.13. The fraction of sp³-hybridized carbons (Fsp3) is 0.619. The van der Waals surface area contributed by atoms with Gasteiger partial charge in [-0.05, 0) is 51.5 Å². The molecule has 7 nitrogen and oxygen atoms in total. The lowest BCUT2D eigenvalue weighted by Gasteiger charge is -2.34. The number of carbonyl (C=O) groups is 2. The molecule has 1 heterocycles. The van der Waals surface area contributed by atoms with Crippen LogP contribution in [-0.4, -0.2) is 49.1 Å². The average molecular weight is 392 g/mol. The van der Waals surface area contributed by atoms with Crippen molar-refractivity contribution in [2.24, 2.45) is 5.92 Å². The molecule has 1 fully saturated rings. The van der Waals surface area contributed by atoms with Gasteiger partial charge >= 0.3 is 12.2 Å². The van der Waals surface area contributed by atoms with Crippen LogP contribution in [0, 0.1) is 5.92 Å². The molecule has 0 spiro atoms. The summed E-state index contributed by atoms with van der Waals surface area (Å²) >= 11 is 0. The standard InChI is InChI=1S/C21H32N2O5/c1-21(2,3)28-20(25)23(4)18(13-17-11-8-12-26-14-17)22-19(24)27-15-16-9-6-5-7-10-16/h5-7,9-10,17-18H,8,11-15H2,1-4H3,(H,22,24)/t17-,18-/m0/s1. The maximum atomic E-state index is 12.5. The first-order chi connectivity index (χ1) is 13.2. The van der Waals surface area contributed by atoms with E-state index in [0.717, 1.165) is 25.0 Å². The van der Waals surface area contributed by atoms with Crippen molar-refractivity contribution in [1.82, 2.24) is 10.2 Å². The van der Waals surface area contributed by atoms with Crippen molar-refractivity contribution in [3.63, 3.8) is 0 Å². The zero-order valence-corrected chi connectivity index (χ0v) is 17.3. The van der Waals surface area contributed by atoms with Crippen molar-refractivity contribution in [3.05, 3.63) is 35.9 Å². The molecule has 1 aliphatic rings. The third-order valence-electron chi connectivity index (χ3n) is 4.46. The number of rotatable bonds is 6. The van der Waals surface area contributed by atoms with Crippen LogP contribution in [0.25, 0.3) is 0 Å². The van der Waals surface area contributed by atoms with E-state index in [1.54, 1.807) is 7.05 Å². The highest BCUT2D eigenvalue weighted by molar-refractivity contribution is 5.71. The van der Waals surface area contributed by atoms with Gasteiger partial charge < -0.3 is 19.5 Å². The van der Waals surface area contributed by atoms with Crippen LogP contribution in [0.1, 0.15) is 45.6 Å². The normalized spacial score (nSPS) is 18.1. The molecule has 1 N–H and O–H groups in total. The van der Waals surface area contributed by atoms with Crippen LogP contribution in [0.15, 0.2) is 30.3 Å². The minimum Gasteiger partial charge on any atom is -0.445 e. The number of hydrogen-bond donors (Lipinski definition) is 1. The summed E-state index contributed by atoms with van der Waals surface area (Å²) in [6, 6.07) is 9.45. The third kappa shape index (κ3) is 7.76. The van der Waals surface area contributed by atoms with Gasteiger partial charge in [-0.1, -0.05) is 30.3 Å². The maximum absolute atomic E-state index is 12.5. The molecule has 1 aromatic carbocycles. The van der Waals surface area contributed by atoms with Crippen LogP contribution in [0.5, 0.6) is 0 Å². The monoisotopic (exact) mass is 392 g/mol. The van der Waals surface area contributed by atoms with Crippen LogP contribution in [0.3, 0.4) is 0 Å². The molecule has 156 valence electrons. The summed E-state index contributed by atoms with van der Waals surface area (Å²) in [5.41, 5.74) is 0.285. The fourth-order valence-electron chi connectivity index (χ4n) is 2.98. The zero-order valence-electron chi connectivity index (χ0n) is 17.3. The van der Waals surface area contributed by atoms with E-state index in [0.29, 0.717) is 13.0 Å². The number of ether oxygens (including phenoxy) is 3. The van der Waals surface area contributed by atoms with Crippen molar-refractivity contribution < 1.29 is 23.8 Å². The Bertz CT molecular complexity index is 623. The highest BCUT2D eigenvalue weighted by Gasteiger charge is 2.29. The van der Waals surface area contributed by atoms with E-state index in [1.165, 1.54) is 4.90 Å². The van der Waals surface area contributed by atoms with Gasteiger partial charge in [0.25, 0.3) is 0 Å². The van der Waals surface area contributed by atoms with Gasteiger partial charge in [-0.3, -0.25) is 4.90 Å². The number of nitrogens with zero attached hydrogens (tertiary/aromatic N) is 1. The minimum absolute atomic E-state index is 0.169. The van der Waals surface area contributed by atoms with Crippen LogP contribution in [0.2, 0.25) is 0 Å². The van der Waals surface area contributed by atoms with E-state index in [-0.39, 0.29) is 12.5 Å². The predicted octanol–water partition coefficient (Wildman–Crippen LogP) is 3.92. The van der Waals surface area contributed by atoms with Crippen molar-refractivity contribution in [1.29, 1.82) is 0 Å². The van der Waals surface area contributed by atoms with Crippen LogP contribution >= 0.6 is 0 Å². The molecule has 7 heteroatoms. The van der Waals surface area contributed by atoms with Gasteiger partial charge in [0.2, 0.25) is 0 Å². The molecule has 0 aromatic heterocycles. The van der Waals surface area contributed by atoms with Gasteiger partial charge in [-0.15, -0.1) is 0 Å². The van der Waals surface area contributed by atoms with Gasteiger partial charge in [-0.25, -0.2) is 9.59 Å². The van der Waals surface area contributed by atoms with E-state index >= 15 is 0 Å². The molecule has 0 radical (unpaired) electrons. The Labute approximate surface area is 167 Å². The Morgan fingerprint density at radius 2 is 2.00 bits per heavy atom. The number of carbonyl (C=O) groups excluding carboxylic acids is 2. The summed E-state index contributed by atoms with van der Waals surface area (Å²) in [4.78, 5) is 26.2. The van der Waals surface area contributed by atoms with Crippen molar-refractivity contribution in [2.75, 3.05) is 20.3 Å². The molecular weight excluding hydrogens is 360 g/mol. The Kier molecular flexibility index (Phi) is 8.11. The topological polar surface area (TPSA) is 77.1 Å². The molecule has 0 saturated carbocycles. The molecule has 2 rings (SSSR count). The maximum Gasteiger partial charge on any atom is 0.411 e. The Balaban J connectivity index is 1.97. The lowest BCUT2D eigenvalue weighted by Crippen LogP contribution is -2.51. The SMILES string of the molecule is CN(C(=O)OC(C)(C)C)[C@@H](C[C@@H]1CCCOC1)NC(=O)OCc1ccccc1. The molecule has 1 aromatic rings. The number of alkyl carbamates (subject to hydrolysis) is 1. The quantitative estimate of drug-likeness (QED) is 0.743. The first kappa shape index (κ1) is 22.0. The van der Waals surface area contributed by atoms with E-state index < -0.39 is 24.0 Å². The summed E-state index contributed by atoms with van der Waals surface area (Å²) < 4.78 is 16.3. The first-order valence-electron chi connectivity index (χ1n) is 9.75. The van der Waals surface area contributed by atoms with Crippen molar-refractivity contribution >= 4 is 12.2 Å². The molecular formula is C21H32N2O5. The molecule has 2 amide bonds. The summed E-state index contributed by atoms with van der Waals surface area (Å²) in [5, 5.41) is 2.81. The highest BCUT2D eigenvalue weighted by atomic mass is 16.6. The summed E-state index contributed by atoms with van der Waals surface area (Å²) in [7, 11) is 1.62. The highest BCUT2D eigenvalue weighted by Crippen LogP contribution is 2.21. The summed E-state index contributed by atoms with van der Waals surface area (Å²) in [6.45, 7) is 6.98. The Morgan fingerprint density at radius 1 is 1.29 bits per heavy atom. The average Bonchev–Trinajstić information content (AvgIpc) is 2.65. The van der Waals surface area contributed by atoms with Gasteiger partial charge in [0.15, 0.2) is 0 Å². The molecule has 1 aliphatic heterocycles. The predicted molar refractivity (Wildman–Crippen MR) is 106 cm³/mol. The van der Waals surface area contributed by atoms with Crippen LogP contribution in [0.4, 0.5) is 9.59 Å². The van der Waals surface area contributed by atoms with Crippen molar-refractivity contribution in [2.45, 2.75) is 58.4 Å². The van der Waals surface area contributed by atoms with E-state index in [1.807, 2.05) is 51.1 Å². The molecule has 2 atom stereocenters. The van der Waals surface area contributed by atoms with Gasteiger partial charge in [0.05, 0.1) is 0 Å². The molecule has 0 unspecified atom stereocenters. The first-order valence-corrected chi connectivity index (χ1v) is 9.75. The number of amides is 2. The van der Waals surface area contributed by atoms with Gasteiger partial charge in [0.1, 0.15) is 18.4 Å². The van der Waals surface area contributed by atoms with Crippen molar-refractivity contribution in [3.8, 4) is 0 Å². The van der Waals surface area contributed by atoms with Gasteiger partial charge in [0, 0.05) is 20.3 Å². The Morgan fingerprint density at radius 3 is 2.61 bits per heavy atom. The third-order valence-corrected chi connectivity index (χ3v) is 4.46. The summed E-state index contributed by atoms with van der Waals surface area (Å²) in [6.07, 6.45) is 0.963. The van der Waals surface area contributed by atoms with Crippen LogP contribution in [-0.2, 0) is 20.8 Å².